The molecule has 2 N–H and O–H groups in total. The zero-order valence-electron chi connectivity index (χ0n) is 14.5. The second-order valence-corrected chi connectivity index (χ2v) is 6.05. The Bertz CT molecular complexity index is 728. The zero-order valence-corrected chi connectivity index (χ0v) is 14.5. The highest BCUT2D eigenvalue weighted by Gasteiger charge is 2.20. The lowest BCUT2D eigenvalue weighted by molar-refractivity contribution is -0.139. The van der Waals surface area contributed by atoms with E-state index in [1.54, 1.807) is 0 Å². The van der Waals surface area contributed by atoms with Crippen molar-refractivity contribution < 1.29 is 19.4 Å². The Balaban J connectivity index is 1.86. The summed E-state index contributed by atoms with van der Waals surface area (Å²) in [5, 5.41) is 11.7. The highest BCUT2D eigenvalue weighted by Crippen LogP contribution is 2.12. The molecule has 0 spiro atoms. The van der Waals surface area contributed by atoms with E-state index in [1.807, 2.05) is 62.4 Å². The van der Waals surface area contributed by atoms with Crippen LogP contribution in [0.5, 0.6) is 0 Å². The summed E-state index contributed by atoms with van der Waals surface area (Å²) >= 11 is 0. The molecule has 1 atom stereocenters. The number of nitrogens with one attached hydrogen (secondary N) is 1. The third kappa shape index (κ3) is 5.95. The number of hydrogen-bond acceptors (Lipinski definition) is 3. The Morgan fingerprint density at radius 2 is 1.76 bits per heavy atom. The molecule has 5 heteroatoms. The third-order valence-corrected chi connectivity index (χ3v) is 4.10. The molecule has 132 valence electrons. The van der Waals surface area contributed by atoms with E-state index in [2.05, 4.69) is 5.32 Å². The normalized spacial score (nSPS) is 11.6. The van der Waals surface area contributed by atoms with Crippen LogP contribution in [0.1, 0.15) is 28.7 Å². The van der Waals surface area contributed by atoms with Crippen molar-refractivity contribution in [3.8, 4) is 0 Å². The van der Waals surface area contributed by atoms with E-state index >= 15 is 0 Å². The molecule has 0 radical (unpaired) electrons. The number of aliphatic carboxylic acids is 1. The van der Waals surface area contributed by atoms with Crippen molar-refractivity contribution in [3.63, 3.8) is 0 Å². The van der Waals surface area contributed by atoms with Gasteiger partial charge in [-0.2, -0.15) is 0 Å². The van der Waals surface area contributed by atoms with Crippen molar-refractivity contribution in [2.45, 2.75) is 39.3 Å². The molecule has 2 rings (SSSR count). The number of rotatable bonds is 7. The zero-order chi connectivity index (χ0) is 18.2. The molecule has 0 saturated heterocycles. The minimum Gasteiger partial charge on any atom is -0.480 e. The van der Waals surface area contributed by atoms with E-state index in [-0.39, 0.29) is 6.61 Å². The summed E-state index contributed by atoms with van der Waals surface area (Å²) in [6.07, 6.45) is 0.145. The summed E-state index contributed by atoms with van der Waals surface area (Å²) in [5.74, 6) is -1.07. The van der Waals surface area contributed by atoms with E-state index < -0.39 is 18.1 Å². The second-order valence-electron chi connectivity index (χ2n) is 6.05. The number of carboxylic acid groups (broad SMARTS) is 1. The van der Waals surface area contributed by atoms with Crippen LogP contribution in [0.3, 0.4) is 0 Å². The van der Waals surface area contributed by atoms with Crippen molar-refractivity contribution in [1.82, 2.24) is 5.32 Å². The SMILES string of the molecule is Cc1ccc(CC[C@H](NC(=O)OCc2ccccc2)C(=O)O)cc1C. The topological polar surface area (TPSA) is 75.6 Å². The average Bonchev–Trinajstić information content (AvgIpc) is 2.60. The molecule has 0 fully saturated rings. The number of hydrogen-bond donors (Lipinski definition) is 2. The molecule has 0 bridgehead atoms. The third-order valence-electron chi connectivity index (χ3n) is 4.10. The van der Waals surface area contributed by atoms with Gasteiger partial charge in [-0.15, -0.1) is 0 Å². The van der Waals surface area contributed by atoms with E-state index in [4.69, 9.17) is 4.74 Å². The molecule has 0 unspecified atom stereocenters. The average molecular weight is 341 g/mol. The molecule has 0 aliphatic carbocycles. The fraction of sp³-hybridized carbons (Fsp3) is 0.300. The highest BCUT2D eigenvalue weighted by atomic mass is 16.5. The molecule has 0 saturated carbocycles. The van der Waals surface area contributed by atoms with Gasteiger partial charge < -0.3 is 15.2 Å². The molecule has 1 amide bonds. The molecular weight excluding hydrogens is 318 g/mol. The number of carboxylic acids is 1. The first-order chi connectivity index (χ1) is 12.0. The maximum Gasteiger partial charge on any atom is 0.408 e. The lowest BCUT2D eigenvalue weighted by Gasteiger charge is -2.15. The fourth-order valence-corrected chi connectivity index (χ4v) is 2.43. The van der Waals surface area contributed by atoms with Gasteiger partial charge in [0.05, 0.1) is 0 Å². The van der Waals surface area contributed by atoms with Crippen LogP contribution in [0.15, 0.2) is 48.5 Å². The van der Waals surface area contributed by atoms with Gasteiger partial charge in [-0.25, -0.2) is 9.59 Å². The van der Waals surface area contributed by atoms with Crippen LogP contribution >= 0.6 is 0 Å². The molecule has 5 nitrogen and oxygen atoms in total. The van der Waals surface area contributed by atoms with Gasteiger partial charge in [0.15, 0.2) is 0 Å². The van der Waals surface area contributed by atoms with Crippen molar-refractivity contribution >= 4 is 12.1 Å². The van der Waals surface area contributed by atoms with Crippen LogP contribution in [0, 0.1) is 13.8 Å². The Kier molecular flexibility index (Phi) is 6.57. The van der Waals surface area contributed by atoms with E-state index in [0.717, 1.165) is 11.1 Å². The number of ether oxygens (including phenoxy) is 1. The van der Waals surface area contributed by atoms with Crippen LogP contribution in [-0.2, 0) is 22.6 Å². The number of benzene rings is 2. The van der Waals surface area contributed by atoms with E-state index in [1.165, 1.54) is 11.1 Å². The Labute approximate surface area is 147 Å². The first-order valence-corrected chi connectivity index (χ1v) is 8.22. The van der Waals surface area contributed by atoms with Gasteiger partial charge in [-0.3, -0.25) is 0 Å². The lowest BCUT2D eigenvalue weighted by Crippen LogP contribution is -2.41. The van der Waals surface area contributed by atoms with Crippen LogP contribution < -0.4 is 5.32 Å². The number of alkyl carbamates (subject to hydrolysis) is 1. The summed E-state index contributed by atoms with van der Waals surface area (Å²) < 4.78 is 5.08. The first kappa shape index (κ1) is 18.5. The molecule has 0 heterocycles. The summed E-state index contributed by atoms with van der Waals surface area (Å²) in [5.41, 5.74) is 4.26. The van der Waals surface area contributed by atoms with E-state index in [9.17, 15) is 14.7 Å². The van der Waals surface area contributed by atoms with Gasteiger partial charge in [0.2, 0.25) is 0 Å². The largest absolute Gasteiger partial charge is 0.480 e. The maximum atomic E-state index is 11.8. The lowest BCUT2D eigenvalue weighted by atomic mass is 10.0. The molecule has 0 aliphatic rings. The van der Waals surface area contributed by atoms with Gasteiger partial charge in [0.1, 0.15) is 12.6 Å². The van der Waals surface area contributed by atoms with Gasteiger partial charge in [-0.1, -0.05) is 48.5 Å². The first-order valence-electron chi connectivity index (χ1n) is 8.22. The predicted octanol–water partition coefficient (Wildman–Crippen LogP) is 3.62. The van der Waals surface area contributed by atoms with Crippen molar-refractivity contribution in [2.24, 2.45) is 0 Å². The van der Waals surface area contributed by atoms with Crippen LogP contribution in [0.2, 0.25) is 0 Å². The van der Waals surface area contributed by atoms with Crippen molar-refractivity contribution in [2.75, 3.05) is 0 Å². The number of amides is 1. The summed E-state index contributed by atoms with van der Waals surface area (Å²) in [4.78, 5) is 23.2. The fourth-order valence-electron chi connectivity index (χ4n) is 2.43. The highest BCUT2D eigenvalue weighted by molar-refractivity contribution is 5.79. The Morgan fingerprint density at radius 1 is 1.04 bits per heavy atom. The summed E-state index contributed by atoms with van der Waals surface area (Å²) in [6, 6.07) is 14.3. The summed E-state index contributed by atoms with van der Waals surface area (Å²) in [7, 11) is 0. The van der Waals surface area contributed by atoms with Crippen LogP contribution in [0.25, 0.3) is 0 Å². The van der Waals surface area contributed by atoms with Gasteiger partial charge >= 0.3 is 12.1 Å². The monoisotopic (exact) mass is 341 g/mol. The van der Waals surface area contributed by atoms with Crippen LogP contribution in [-0.4, -0.2) is 23.2 Å². The van der Waals surface area contributed by atoms with Crippen LogP contribution in [0.4, 0.5) is 4.79 Å². The molecule has 0 aromatic heterocycles. The molecule has 0 aliphatic heterocycles. The van der Waals surface area contributed by atoms with Crippen molar-refractivity contribution in [3.05, 3.63) is 70.8 Å². The van der Waals surface area contributed by atoms with Gasteiger partial charge in [-0.05, 0) is 48.9 Å². The van der Waals surface area contributed by atoms with Gasteiger partial charge in [0, 0.05) is 0 Å². The van der Waals surface area contributed by atoms with E-state index in [0.29, 0.717) is 12.8 Å². The molecular formula is C20H23NO4. The Hall–Kier alpha value is -2.82. The Morgan fingerprint density at radius 3 is 2.40 bits per heavy atom. The van der Waals surface area contributed by atoms with Crippen molar-refractivity contribution in [1.29, 1.82) is 0 Å². The molecule has 2 aromatic carbocycles. The number of carbonyl (C=O) groups excluding carboxylic acids is 1. The quantitative estimate of drug-likeness (QED) is 0.806. The maximum absolute atomic E-state index is 11.8. The standard InChI is InChI=1S/C20H23NO4/c1-14-8-9-16(12-15(14)2)10-11-18(19(22)23)21-20(24)25-13-17-6-4-3-5-7-17/h3-9,12,18H,10-11,13H2,1-2H3,(H,21,24)(H,22,23)/t18-/m0/s1. The minimum atomic E-state index is -1.07. The van der Waals surface area contributed by atoms with Gasteiger partial charge in [0.25, 0.3) is 0 Å². The number of carbonyl (C=O) groups is 2. The summed E-state index contributed by atoms with van der Waals surface area (Å²) in [6.45, 7) is 4.16. The molecule has 2 aromatic rings. The molecule has 25 heavy (non-hydrogen) atoms. The smallest absolute Gasteiger partial charge is 0.408 e. The second kappa shape index (κ2) is 8.87. The number of aryl methyl sites for hydroxylation is 3. The predicted molar refractivity (Wildman–Crippen MR) is 95.4 cm³/mol. The minimum absolute atomic E-state index is 0.107.